The summed E-state index contributed by atoms with van der Waals surface area (Å²) in [5.74, 6) is -0.271. The second-order valence-electron chi connectivity index (χ2n) is 2.66. The van der Waals surface area contributed by atoms with Crippen LogP contribution in [0, 0.1) is 0 Å². The van der Waals surface area contributed by atoms with Crippen LogP contribution in [0.4, 0.5) is 5.69 Å². The van der Waals surface area contributed by atoms with E-state index in [9.17, 15) is 9.59 Å². The molecule has 1 aromatic rings. The molecule has 0 heterocycles. The van der Waals surface area contributed by atoms with Crippen LogP contribution in [0.1, 0.15) is 17.3 Å². The van der Waals surface area contributed by atoms with Crippen LogP contribution in [0.25, 0.3) is 0 Å². The van der Waals surface area contributed by atoms with E-state index in [1.807, 2.05) is 0 Å². The fourth-order valence-electron chi connectivity index (χ4n) is 0.956. The first kappa shape index (κ1) is 11.0. The second kappa shape index (κ2) is 4.44. The van der Waals surface area contributed by atoms with Gasteiger partial charge < -0.3 is 5.32 Å². The fraction of sp³-hybridized carbons (Fsp3) is 0.111. The van der Waals surface area contributed by atoms with Gasteiger partial charge in [-0.25, -0.2) is 0 Å². The van der Waals surface area contributed by atoms with E-state index in [1.54, 1.807) is 0 Å². The number of nitrogens with one attached hydrogen (secondary N) is 1. The van der Waals surface area contributed by atoms with Crippen molar-refractivity contribution in [3.63, 3.8) is 0 Å². The minimum absolute atomic E-state index is 0.245. The van der Waals surface area contributed by atoms with Gasteiger partial charge in [0.15, 0.2) is 0 Å². The molecular weight excluding hydrogens is 225 g/mol. The fourth-order valence-corrected chi connectivity index (χ4v) is 1.55. The topological polar surface area (TPSA) is 46.2 Å². The van der Waals surface area contributed by atoms with Gasteiger partial charge in [0.1, 0.15) is 6.29 Å². The Hall–Kier alpha value is -1.06. The molecule has 1 rings (SSSR count). The third kappa shape index (κ3) is 2.47. The minimum atomic E-state index is -0.271. The molecule has 0 bridgehead atoms. The summed E-state index contributed by atoms with van der Waals surface area (Å²) in [5, 5.41) is 2.96. The van der Waals surface area contributed by atoms with E-state index in [-0.39, 0.29) is 16.0 Å². The molecule has 0 aliphatic heterocycles. The summed E-state index contributed by atoms with van der Waals surface area (Å²) in [6.07, 6.45) is 0.634. The quantitative estimate of drug-likeness (QED) is 0.797. The van der Waals surface area contributed by atoms with Crippen molar-refractivity contribution >= 4 is 41.1 Å². The van der Waals surface area contributed by atoms with Gasteiger partial charge in [-0.1, -0.05) is 23.2 Å². The highest BCUT2D eigenvalue weighted by atomic mass is 35.5. The molecule has 14 heavy (non-hydrogen) atoms. The lowest BCUT2D eigenvalue weighted by Crippen LogP contribution is -2.07. The van der Waals surface area contributed by atoms with E-state index in [2.05, 4.69) is 5.32 Å². The van der Waals surface area contributed by atoms with Crippen LogP contribution in [0.15, 0.2) is 12.1 Å². The van der Waals surface area contributed by atoms with Crippen molar-refractivity contribution < 1.29 is 9.59 Å². The third-order valence-electron chi connectivity index (χ3n) is 1.50. The first-order valence-electron chi connectivity index (χ1n) is 3.76. The number of halogens is 2. The molecule has 0 aliphatic rings. The molecule has 74 valence electrons. The average molecular weight is 232 g/mol. The second-order valence-corrected chi connectivity index (χ2v) is 3.47. The lowest BCUT2D eigenvalue weighted by molar-refractivity contribution is -0.114. The number of amides is 1. The Morgan fingerprint density at radius 1 is 1.36 bits per heavy atom. The zero-order valence-electron chi connectivity index (χ0n) is 7.30. The largest absolute Gasteiger partial charge is 0.324 e. The van der Waals surface area contributed by atoms with Gasteiger partial charge in [0.05, 0.1) is 15.7 Å². The van der Waals surface area contributed by atoms with E-state index in [0.717, 1.165) is 0 Å². The summed E-state index contributed by atoms with van der Waals surface area (Å²) >= 11 is 11.6. The van der Waals surface area contributed by atoms with Crippen molar-refractivity contribution in [2.45, 2.75) is 6.92 Å². The van der Waals surface area contributed by atoms with E-state index in [0.29, 0.717) is 17.5 Å². The smallest absolute Gasteiger partial charge is 0.221 e. The third-order valence-corrected chi connectivity index (χ3v) is 2.10. The monoisotopic (exact) mass is 231 g/mol. The predicted molar refractivity (Wildman–Crippen MR) is 56.2 cm³/mol. The van der Waals surface area contributed by atoms with Crippen molar-refractivity contribution in [3.8, 4) is 0 Å². The molecule has 5 heteroatoms. The lowest BCUT2D eigenvalue weighted by atomic mass is 10.2. The van der Waals surface area contributed by atoms with Crippen LogP contribution in [0.3, 0.4) is 0 Å². The Balaban J connectivity index is 3.17. The maximum absolute atomic E-state index is 10.8. The maximum Gasteiger partial charge on any atom is 0.221 e. The number of benzene rings is 1. The van der Waals surface area contributed by atoms with Crippen LogP contribution < -0.4 is 5.32 Å². The molecule has 0 aliphatic carbocycles. The molecule has 0 fully saturated rings. The van der Waals surface area contributed by atoms with E-state index in [4.69, 9.17) is 23.2 Å². The zero-order chi connectivity index (χ0) is 10.7. The highest BCUT2D eigenvalue weighted by Crippen LogP contribution is 2.31. The first-order valence-corrected chi connectivity index (χ1v) is 4.52. The number of anilines is 1. The van der Waals surface area contributed by atoms with Crippen molar-refractivity contribution in [2.75, 3.05) is 5.32 Å². The number of hydrogen-bond donors (Lipinski definition) is 1. The normalized spacial score (nSPS) is 9.64. The Labute approximate surface area is 91.0 Å². The number of aldehydes is 1. The van der Waals surface area contributed by atoms with Crippen molar-refractivity contribution in [3.05, 3.63) is 27.7 Å². The van der Waals surface area contributed by atoms with Crippen LogP contribution >= 0.6 is 23.2 Å². The molecule has 1 N–H and O–H groups in total. The molecule has 1 aromatic carbocycles. The summed E-state index contributed by atoms with van der Waals surface area (Å²) in [7, 11) is 0. The van der Waals surface area contributed by atoms with Gasteiger partial charge in [0.25, 0.3) is 0 Å². The lowest BCUT2D eigenvalue weighted by Gasteiger charge is -2.07. The van der Waals surface area contributed by atoms with E-state index < -0.39 is 0 Å². The summed E-state index contributed by atoms with van der Waals surface area (Å²) in [6.45, 7) is 1.35. The van der Waals surface area contributed by atoms with Gasteiger partial charge in [-0.2, -0.15) is 0 Å². The Kier molecular flexibility index (Phi) is 3.49. The maximum atomic E-state index is 10.8. The van der Waals surface area contributed by atoms with Gasteiger partial charge in [-0.05, 0) is 12.1 Å². The number of carbonyl (C=O) groups is 2. The Bertz CT molecular complexity index is 367. The molecule has 0 spiro atoms. The van der Waals surface area contributed by atoms with Gasteiger partial charge in [-0.3, -0.25) is 9.59 Å². The average Bonchev–Trinajstić information content (AvgIpc) is 2.10. The van der Waals surface area contributed by atoms with Gasteiger partial charge in [0.2, 0.25) is 5.91 Å². The molecule has 0 aromatic heterocycles. The molecule has 0 atom stereocenters. The Morgan fingerprint density at radius 3 is 2.21 bits per heavy atom. The SMILES string of the molecule is CC(=O)Nc1c(Cl)cc(C=O)cc1Cl. The molecule has 0 saturated carbocycles. The highest BCUT2D eigenvalue weighted by molar-refractivity contribution is 6.40. The minimum Gasteiger partial charge on any atom is -0.324 e. The van der Waals surface area contributed by atoms with Gasteiger partial charge >= 0.3 is 0 Å². The van der Waals surface area contributed by atoms with Crippen molar-refractivity contribution in [1.82, 2.24) is 0 Å². The van der Waals surface area contributed by atoms with Crippen LogP contribution in [0.2, 0.25) is 10.0 Å². The standard InChI is InChI=1S/C9H7Cl2NO2/c1-5(14)12-9-7(10)2-6(4-13)3-8(9)11/h2-4H,1H3,(H,12,14). The Morgan fingerprint density at radius 2 is 1.86 bits per heavy atom. The van der Waals surface area contributed by atoms with Crippen LogP contribution in [-0.4, -0.2) is 12.2 Å². The highest BCUT2D eigenvalue weighted by Gasteiger charge is 2.08. The summed E-state index contributed by atoms with van der Waals surface area (Å²) in [4.78, 5) is 21.2. The summed E-state index contributed by atoms with van der Waals surface area (Å²) in [6, 6.07) is 2.87. The van der Waals surface area contributed by atoms with Gasteiger partial charge in [0, 0.05) is 12.5 Å². The van der Waals surface area contributed by atoms with E-state index >= 15 is 0 Å². The van der Waals surface area contributed by atoms with Crippen LogP contribution in [0.5, 0.6) is 0 Å². The number of carbonyl (C=O) groups excluding carboxylic acids is 2. The molecule has 3 nitrogen and oxygen atoms in total. The van der Waals surface area contributed by atoms with Gasteiger partial charge in [-0.15, -0.1) is 0 Å². The zero-order valence-corrected chi connectivity index (χ0v) is 8.82. The van der Waals surface area contributed by atoms with Crippen molar-refractivity contribution in [1.29, 1.82) is 0 Å². The molecule has 0 radical (unpaired) electrons. The first-order chi connectivity index (χ1) is 6.54. The summed E-state index contributed by atoms with van der Waals surface area (Å²) in [5.41, 5.74) is 0.695. The molecule has 0 unspecified atom stereocenters. The molecule has 0 saturated heterocycles. The number of hydrogen-bond acceptors (Lipinski definition) is 2. The predicted octanol–water partition coefficient (Wildman–Crippen LogP) is 2.76. The molecular formula is C9H7Cl2NO2. The molecule has 1 amide bonds. The van der Waals surface area contributed by atoms with Crippen LogP contribution in [-0.2, 0) is 4.79 Å². The summed E-state index contributed by atoms with van der Waals surface area (Å²) < 4.78 is 0. The van der Waals surface area contributed by atoms with Crippen molar-refractivity contribution in [2.24, 2.45) is 0 Å². The van der Waals surface area contributed by atoms with E-state index in [1.165, 1.54) is 19.1 Å². The number of rotatable bonds is 2.